The van der Waals surface area contributed by atoms with Gasteiger partial charge in [0.2, 0.25) is 8.27 Å². The molecule has 1 aromatic carbocycles. The fourth-order valence-corrected chi connectivity index (χ4v) is 2.72. The van der Waals surface area contributed by atoms with Crippen molar-refractivity contribution in [3.8, 4) is 0 Å². The highest BCUT2D eigenvalue weighted by Gasteiger charge is 2.23. The molecule has 1 nitrogen and oxygen atoms in total. The third kappa shape index (κ3) is 3.02. The van der Waals surface area contributed by atoms with Crippen LogP contribution in [-0.2, 0) is 0 Å². The molecular formula is C8H12BCl2NSi. The highest BCUT2D eigenvalue weighted by Crippen LogP contribution is 2.03. The summed E-state index contributed by atoms with van der Waals surface area (Å²) in [7, 11) is 0.648. The second-order valence-electron chi connectivity index (χ2n) is 2.99. The monoisotopic (exact) mass is 231 g/mol. The van der Waals surface area contributed by atoms with Gasteiger partial charge in [-0.2, -0.15) is 22.5 Å². The van der Waals surface area contributed by atoms with E-state index in [0.29, 0.717) is 0 Å². The molecular weight excluding hydrogens is 220 g/mol. The van der Waals surface area contributed by atoms with Crippen molar-refractivity contribution in [1.29, 1.82) is 0 Å². The fourth-order valence-electron chi connectivity index (χ4n) is 1.03. The molecule has 1 rings (SSSR count). The summed E-state index contributed by atoms with van der Waals surface area (Å²) in [4.78, 5) is 0. The summed E-state index contributed by atoms with van der Waals surface area (Å²) in [5.41, 5.74) is 1.10. The second-order valence-corrected chi connectivity index (χ2v) is 7.26. The summed E-state index contributed by atoms with van der Waals surface area (Å²) in [5.74, 6) is 0. The van der Waals surface area contributed by atoms with Crippen LogP contribution >= 0.6 is 22.5 Å². The average Bonchev–Trinajstić information content (AvgIpc) is 2.17. The van der Waals surface area contributed by atoms with Gasteiger partial charge in [-0.1, -0.05) is 30.3 Å². The first-order valence-electron chi connectivity index (χ1n) is 4.18. The molecule has 0 spiro atoms. The summed E-state index contributed by atoms with van der Waals surface area (Å²) in [6.07, 6.45) is -0.0969. The maximum atomic E-state index is 6.23. The van der Waals surface area contributed by atoms with Crippen molar-refractivity contribution in [2.24, 2.45) is 0 Å². The van der Waals surface area contributed by atoms with E-state index < -0.39 is 8.27 Å². The quantitative estimate of drug-likeness (QED) is 0.565. The molecule has 0 heterocycles. The van der Waals surface area contributed by atoms with Crippen LogP contribution in [0.15, 0.2) is 30.3 Å². The standard InChI is InChI=1S/C8H12BCl2NSi/c1-12(13(2)11)9(10)8-6-4-3-5-7-8/h3-7,13H,1-2H3. The Hall–Kier alpha value is 0.0418. The second kappa shape index (κ2) is 5.06. The van der Waals surface area contributed by atoms with Gasteiger partial charge in [0.1, 0.15) is 0 Å². The van der Waals surface area contributed by atoms with Gasteiger partial charge in [0.05, 0.1) is 0 Å². The van der Waals surface area contributed by atoms with Gasteiger partial charge >= 0.3 is 6.26 Å². The molecule has 0 aliphatic rings. The van der Waals surface area contributed by atoms with E-state index in [-0.39, 0.29) is 6.26 Å². The summed E-state index contributed by atoms with van der Waals surface area (Å²) >= 11 is 12.3. The Balaban J connectivity index is 2.73. The van der Waals surface area contributed by atoms with E-state index in [9.17, 15) is 0 Å². The van der Waals surface area contributed by atoms with E-state index in [1.165, 1.54) is 0 Å². The fraction of sp³-hybridized carbons (Fsp3) is 0.250. The van der Waals surface area contributed by atoms with Crippen LogP contribution in [0.2, 0.25) is 6.55 Å². The minimum absolute atomic E-state index is 0.0969. The molecule has 0 fully saturated rings. The van der Waals surface area contributed by atoms with Gasteiger partial charge in [-0.05, 0) is 19.1 Å². The molecule has 70 valence electrons. The lowest BCUT2D eigenvalue weighted by molar-refractivity contribution is 0.845. The minimum Gasteiger partial charge on any atom is -0.340 e. The smallest absolute Gasteiger partial charge is 0.340 e. The molecule has 13 heavy (non-hydrogen) atoms. The first-order chi connectivity index (χ1) is 6.13. The van der Waals surface area contributed by atoms with Crippen LogP contribution in [0, 0.1) is 0 Å². The molecule has 0 radical (unpaired) electrons. The lowest BCUT2D eigenvalue weighted by atomic mass is 9.81. The van der Waals surface area contributed by atoms with Crippen LogP contribution in [0.3, 0.4) is 0 Å². The summed E-state index contributed by atoms with van der Waals surface area (Å²) in [6.45, 7) is 2.04. The van der Waals surface area contributed by atoms with Gasteiger partial charge < -0.3 is 4.48 Å². The zero-order valence-electron chi connectivity index (χ0n) is 7.74. The summed E-state index contributed by atoms with van der Waals surface area (Å²) < 4.78 is 2.04. The number of rotatable bonds is 3. The third-order valence-corrected chi connectivity index (χ3v) is 5.09. The molecule has 1 atom stereocenters. The molecule has 1 aromatic rings. The van der Waals surface area contributed by atoms with E-state index in [1.807, 2.05) is 48.4 Å². The number of halogens is 2. The predicted molar refractivity (Wildman–Crippen MR) is 64.3 cm³/mol. The van der Waals surface area contributed by atoms with Crippen LogP contribution in [-0.4, -0.2) is 26.1 Å². The highest BCUT2D eigenvalue weighted by molar-refractivity contribution is 7.20. The van der Waals surface area contributed by atoms with E-state index in [2.05, 4.69) is 0 Å². The zero-order valence-corrected chi connectivity index (χ0v) is 10.4. The van der Waals surface area contributed by atoms with Crippen molar-refractivity contribution in [3.63, 3.8) is 0 Å². The third-order valence-electron chi connectivity index (χ3n) is 1.99. The Labute approximate surface area is 91.1 Å². The van der Waals surface area contributed by atoms with E-state index in [1.54, 1.807) is 0 Å². The molecule has 0 bridgehead atoms. The Morgan fingerprint density at radius 2 is 1.85 bits per heavy atom. The molecule has 0 aromatic heterocycles. The molecule has 0 amide bonds. The SMILES string of the molecule is CN(B(Cl)c1ccccc1)[SiH](C)Cl. The normalized spacial score (nSPS) is 13.0. The molecule has 0 aliphatic heterocycles. The van der Waals surface area contributed by atoms with Gasteiger partial charge in [0, 0.05) is 0 Å². The van der Waals surface area contributed by atoms with E-state index in [4.69, 9.17) is 22.5 Å². The Morgan fingerprint density at radius 3 is 2.31 bits per heavy atom. The zero-order chi connectivity index (χ0) is 9.84. The van der Waals surface area contributed by atoms with Gasteiger partial charge in [0.25, 0.3) is 0 Å². The van der Waals surface area contributed by atoms with Crippen molar-refractivity contribution in [1.82, 2.24) is 4.48 Å². The maximum Gasteiger partial charge on any atom is 0.358 e. The minimum atomic E-state index is -1.32. The molecule has 0 N–H and O–H groups in total. The Kier molecular flexibility index (Phi) is 4.32. The molecule has 1 unspecified atom stereocenters. The molecule has 0 saturated heterocycles. The summed E-state index contributed by atoms with van der Waals surface area (Å²) in [6, 6.07) is 9.98. The first-order valence-corrected chi connectivity index (χ1v) is 8.03. The van der Waals surface area contributed by atoms with Crippen LogP contribution in [0.4, 0.5) is 0 Å². The van der Waals surface area contributed by atoms with Crippen molar-refractivity contribution >= 4 is 42.5 Å². The number of benzene rings is 1. The largest absolute Gasteiger partial charge is 0.358 e. The number of hydrogen-bond acceptors (Lipinski definition) is 1. The van der Waals surface area contributed by atoms with Gasteiger partial charge in [-0.15, -0.1) is 0 Å². The van der Waals surface area contributed by atoms with Crippen molar-refractivity contribution in [2.75, 3.05) is 7.05 Å². The number of hydrogen-bond donors (Lipinski definition) is 0. The Bertz CT molecular complexity index is 258. The van der Waals surface area contributed by atoms with Crippen molar-refractivity contribution in [2.45, 2.75) is 6.55 Å². The van der Waals surface area contributed by atoms with Crippen LogP contribution in [0.1, 0.15) is 0 Å². The molecule has 5 heteroatoms. The maximum absolute atomic E-state index is 6.23. The predicted octanol–water partition coefficient (Wildman–Crippen LogP) is 1.64. The van der Waals surface area contributed by atoms with E-state index in [0.717, 1.165) is 5.46 Å². The van der Waals surface area contributed by atoms with Crippen LogP contribution < -0.4 is 5.46 Å². The van der Waals surface area contributed by atoms with E-state index >= 15 is 0 Å². The molecule has 0 aliphatic carbocycles. The topological polar surface area (TPSA) is 3.24 Å². The van der Waals surface area contributed by atoms with Gasteiger partial charge in [-0.25, -0.2) is 0 Å². The summed E-state index contributed by atoms with van der Waals surface area (Å²) in [5, 5.41) is 0. The first kappa shape index (κ1) is 11.1. The number of nitrogens with zero attached hydrogens (tertiary/aromatic N) is 1. The van der Waals surface area contributed by atoms with Crippen LogP contribution in [0.5, 0.6) is 0 Å². The van der Waals surface area contributed by atoms with Gasteiger partial charge in [-0.3, -0.25) is 0 Å². The van der Waals surface area contributed by atoms with Crippen LogP contribution in [0.25, 0.3) is 0 Å². The highest BCUT2D eigenvalue weighted by atomic mass is 35.6. The lowest BCUT2D eigenvalue weighted by Crippen LogP contribution is -2.46. The molecule has 0 saturated carbocycles. The average molecular weight is 232 g/mol. The lowest BCUT2D eigenvalue weighted by Gasteiger charge is -2.21. The van der Waals surface area contributed by atoms with Gasteiger partial charge in [0.15, 0.2) is 0 Å². The van der Waals surface area contributed by atoms with Crippen molar-refractivity contribution in [3.05, 3.63) is 30.3 Å². The Morgan fingerprint density at radius 1 is 1.31 bits per heavy atom. The van der Waals surface area contributed by atoms with Crippen molar-refractivity contribution < 1.29 is 0 Å².